The highest BCUT2D eigenvalue weighted by atomic mass is 35.5. The van der Waals surface area contributed by atoms with Crippen LogP contribution < -0.4 is 10.6 Å². The molecule has 1 unspecified atom stereocenters. The van der Waals surface area contributed by atoms with Gasteiger partial charge < -0.3 is 10.6 Å². The molecule has 1 saturated heterocycles. The van der Waals surface area contributed by atoms with Gasteiger partial charge in [-0.3, -0.25) is 4.79 Å². The Kier molecular flexibility index (Phi) is 6.68. The number of carbonyl (C=O) groups excluding carboxylic acids is 1. The maximum absolute atomic E-state index is 12.7. The molecule has 1 atom stereocenters. The first-order valence-corrected chi connectivity index (χ1v) is 7.07. The Morgan fingerprint density at radius 3 is 2.59 bits per heavy atom. The lowest BCUT2D eigenvalue weighted by Crippen LogP contribution is -2.48. The highest BCUT2D eigenvalue weighted by Crippen LogP contribution is 2.31. The van der Waals surface area contributed by atoms with Crippen molar-refractivity contribution in [2.24, 2.45) is 5.92 Å². The number of nitrogens with one attached hydrogen (secondary N) is 2. The molecule has 1 aromatic rings. The second-order valence-electron chi connectivity index (χ2n) is 5.35. The molecular formula is C15H20ClF3N2O. The molecule has 0 bridgehead atoms. The van der Waals surface area contributed by atoms with Crippen LogP contribution >= 0.6 is 12.4 Å². The van der Waals surface area contributed by atoms with Crippen molar-refractivity contribution < 1.29 is 18.0 Å². The van der Waals surface area contributed by atoms with Crippen LogP contribution in [0.5, 0.6) is 0 Å². The molecule has 1 heterocycles. The van der Waals surface area contributed by atoms with Crippen LogP contribution in [-0.4, -0.2) is 25.5 Å². The van der Waals surface area contributed by atoms with E-state index in [0.29, 0.717) is 24.4 Å². The number of rotatable bonds is 5. The standard InChI is InChI=1S/C15H19F3N2O.ClH/c1-2-13(14(21)20-9-10-7-19-8-10)11-4-3-5-12(6-11)15(16,17)18;/h3-6,10,13,19H,2,7-9H2,1H3,(H,20,21);1H. The van der Waals surface area contributed by atoms with E-state index in [1.54, 1.807) is 13.0 Å². The summed E-state index contributed by atoms with van der Waals surface area (Å²) in [6.07, 6.45) is -3.92. The van der Waals surface area contributed by atoms with Gasteiger partial charge in [0.2, 0.25) is 5.91 Å². The monoisotopic (exact) mass is 336 g/mol. The zero-order valence-corrected chi connectivity index (χ0v) is 13.1. The van der Waals surface area contributed by atoms with E-state index in [9.17, 15) is 18.0 Å². The Morgan fingerprint density at radius 2 is 2.09 bits per heavy atom. The molecule has 1 aromatic carbocycles. The highest BCUT2D eigenvalue weighted by Gasteiger charge is 2.31. The van der Waals surface area contributed by atoms with Gasteiger partial charge >= 0.3 is 6.18 Å². The Hall–Kier alpha value is -1.27. The van der Waals surface area contributed by atoms with Gasteiger partial charge in [-0.2, -0.15) is 13.2 Å². The van der Waals surface area contributed by atoms with Crippen molar-refractivity contribution in [1.82, 2.24) is 10.6 Å². The summed E-state index contributed by atoms with van der Waals surface area (Å²) in [5.74, 6) is -0.322. The molecule has 1 aliphatic rings. The molecule has 22 heavy (non-hydrogen) atoms. The molecule has 2 N–H and O–H groups in total. The molecule has 0 aliphatic carbocycles. The lowest BCUT2D eigenvalue weighted by Gasteiger charge is -2.28. The summed E-state index contributed by atoms with van der Waals surface area (Å²) in [5.41, 5.74) is -0.300. The van der Waals surface area contributed by atoms with E-state index in [1.807, 2.05) is 0 Å². The van der Waals surface area contributed by atoms with E-state index in [1.165, 1.54) is 6.07 Å². The molecule has 7 heteroatoms. The number of benzene rings is 1. The van der Waals surface area contributed by atoms with E-state index < -0.39 is 17.7 Å². The fourth-order valence-electron chi connectivity index (χ4n) is 2.37. The largest absolute Gasteiger partial charge is 0.416 e. The van der Waals surface area contributed by atoms with Gasteiger partial charge in [0.1, 0.15) is 0 Å². The van der Waals surface area contributed by atoms with Crippen LogP contribution in [0.3, 0.4) is 0 Å². The van der Waals surface area contributed by atoms with Gasteiger partial charge in [0.15, 0.2) is 0 Å². The van der Waals surface area contributed by atoms with Crippen LogP contribution in [0.4, 0.5) is 13.2 Å². The van der Waals surface area contributed by atoms with Gasteiger partial charge in [-0.25, -0.2) is 0 Å². The lowest BCUT2D eigenvalue weighted by molar-refractivity contribution is -0.137. The first-order valence-electron chi connectivity index (χ1n) is 7.07. The summed E-state index contributed by atoms with van der Waals surface area (Å²) in [7, 11) is 0. The summed E-state index contributed by atoms with van der Waals surface area (Å²) in [6.45, 7) is 4.12. The highest BCUT2D eigenvalue weighted by molar-refractivity contribution is 5.85. The number of carbonyl (C=O) groups is 1. The van der Waals surface area contributed by atoms with Gasteiger partial charge in [-0.05, 0) is 18.1 Å². The van der Waals surface area contributed by atoms with Crippen LogP contribution in [0, 0.1) is 5.92 Å². The Labute approximate surface area is 134 Å². The van der Waals surface area contributed by atoms with Crippen molar-refractivity contribution in [2.75, 3.05) is 19.6 Å². The Balaban J connectivity index is 0.00000242. The summed E-state index contributed by atoms with van der Waals surface area (Å²) < 4.78 is 38.2. The van der Waals surface area contributed by atoms with E-state index in [-0.39, 0.29) is 18.3 Å². The predicted octanol–water partition coefficient (Wildman–Crippen LogP) is 2.96. The Morgan fingerprint density at radius 1 is 1.41 bits per heavy atom. The molecule has 0 radical (unpaired) electrons. The normalized spacial score (nSPS) is 16.4. The summed E-state index contributed by atoms with van der Waals surface area (Å²) in [5, 5.41) is 5.94. The predicted molar refractivity (Wildman–Crippen MR) is 81.1 cm³/mol. The molecule has 1 amide bonds. The minimum Gasteiger partial charge on any atom is -0.355 e. The summed E-state index contributed by atoms with van der Waals surface area (Å²) >= 11 is 0. The van der Waals surface area contributed by atoms with Crippen molar-refractivity contribution in [3.8, 4) is 0 Å². The van der Waals surface area contributed by atoms with Crippen LogP contribution in [0.1, 0.15) is 30.4 Å². The second kappa shape index (κ2) is 7.83. The third-order valence-corrected chi connectivity index (χ3v) is 3.77. The maximum Gasteiger partial charge on any atom is 0.416 e. The number of amides is 1. The zero-order valence-electron chi connectivity index (χ0n) is 12.2. The van der Waals surface area contributed by atoms with Gasteiger partial charge in [0.05, 0.1) is 11.5 Å². The number of hydrogen-bond donors (Lipinski definition) is 2. The van der Waals surface area contributed by atoms with Crippen LogP contribution in [0.25, 0.3) is 0 Å². The minimum absolute atomic E-state index is 0. The molecule has 3 nitrogen and oxygen atoms in total. The van der Waals surface area contributed by atoms with Crippen molar-refractivity contribution >= 4 is 18.3 Å². The summed E-state index contributed by atoms with van der Waals surface area (Å²) in [6, 6.07) is 5.02. The number of alkyl halides is 3. The second-order valence-corrected chi connectivity index (χ2v) is 5.35. The molecular weight excluding hydrogens is 317 g/mol. The molecule has 1 aliphatic heterocycles. The Bertz CT molecular complexity index is 504. The van der Waals surface area contributed by atoms with Crippen molar-refractivity contribution in [1.29, 1.82) is 0 Å². The zero-order chi connectivity index (χ0) is 15.5. The number of hydrogen-bond acceptors (Lipinski definition) is 2. The fraction of sp³-hybridized carbons (Fsp3) is 0.533. The van der Waals surface area contributed by atoms with E-state index >= 15 is 0 Å². The van der Waals surface area contributed by atoms with E-state index in [2.05, 4.69) is 10.6 Å². The molecule has 0 aromatic heterocycles. The van der Waals surface area contributed by atoms with Gasteiger partial charge in [0.25, 0.3) is 0 Å². The van der Waals surface area contributed by atoms with Gasteiger partial charge in [-0.15, -0.1) is 12.4 Å². The minimum atomic E-state index is -4.39. The average molecular weight is 337 g/mol. The van der Waals surface area contributed by atoms with Crippen molar-refractivity contribution in [3.05, 3.63) is 35.4 Å². The van der Waals surface area contributed by atoms with Gasteiger partial charge in [-0.1, -0.05) is 25.1 Å². The molecule has 0 spiro atoms. The lowest BCUT2D eigenvalue weighted by atomic mass is 9.93. The average Bonchev–Trinajstić information content (AvgIpc) is 2.37. The van der Waals surface area contributed by atoms with E-state index in [4.69, 9.17) is 0 Å². The van der Waals surface area contributed by atoms with Crippen molar-refractivity contribution in [2.45, 2.75) is 25.4 Å². The molecule has 1 fully saturated rings. The third kappa shape index (κ3) is 4.61. The molecule has 0 saturated carbocycles. The fourth-order valence-corrected chi connectivity index (χ4v) is 2.37. The van der Waals surface area contributed by atoms with Crippen molar-refractivity contribution in [3.63, 3.8) is 0 Å². The quantitative estimate of drug-likeness (QED) is 0.868. The first kappa shape index (κ1) is 18.8. The third-order valence-electron chi connectivity index (χ3n) is 3.77. The van der Waals surface area contributed by atoms with Crippen LogP contribution in [0.2, 0.25) is 0 Å². The van der Waals surface area contributed by atoms with Gasteiger partial charge in [0, 0.05) is 25.6 Å². The topological polar surface area (TPSA) is 41.1 Å². The summed E-state index contributed by atoms with van der Waals surface area (Å²) in [4.78, 5) is 12.2. The van der Waals surface area contributed by atoms with E-state index in [0.717, 1.165) is 25.2 Å². The van der Waals surface area contributed by atoms with Crippen LogP contribution in [0.15, 0.2) is 24.3 Å². The molecule has 124 valence electrons. The molecule has 2 rings (SSSR count). The van der Waals surface area contributed by atoms with Crippen LogP contribution in [-0.2, 0) is 11.0 Å². The first-order chi connectivity index (χ1) is 9.91. The number of halogens is 4. The maximum atomic E-state index is 12.7. The smallest absolute Gasteiger partial charge is 0.355 e. The SMILES string of the molecule is CCC(C(=O)NCC1CNC1)c1cccc(C(F)(F)F)c1.Cl.